The van der Waals surface area contributed by atoms with E-state index in [1.807, 2.05) is 0 Å². The van der Waals surface area contributed by atoms with E-state index in [0.29, 0.717) is 24.9 Å². The highest BCUT2D eigenvalue weighted by Gasteiger charge is 2.32. The van der Waals surface area contributed by atoms with E-state index in [0.717, 1.165) is 6.42 Å². The zero-order chi connectivity index (χ0) is 9.14. The third-order valence-corrected chi connectivity index (χ3v) is 2.51. The van der Waals surface area contributed by atoms with Crippen LogP contribution >= 0.6 is 11.9 Å². The Balaban J connectivity index is 2.52. The zero-order valence-corrected chi connectivity index (χ0v) is 7.08. The molecule has 1 atom stereocenters. The van der Waals surface area contributed by atoms with Crippen molar-refractivity contribution in [2.24, 2.45) is 0 Å². The lowest BCUT2D eigenvalue weighted by atomic mass is 10.2. The molecule has 0 amide bonds. The van der Waals surface area contributed by atoms with Crippen LogP contribution in [0.3, 0.4) is 0 Å². The minimum atomic E-state index is -1.05. The zero-order valence-electron chi connectivity index (χ0n) is 6.27. The van der Waals surface area contributed by atoms with Crippen LogP contribution < -0.4 is 0 Å². The summed E-state index contributed by atoms with van der Waals surface area (Å²) in [7, 11) is 0. The van der Waals surface area contributed by atoms with Crippen molar-refractivity contribution in [3.05, 3.63) is 0 Å². The minimum absolute atomic E-state index is 0.536. The van der Waals surface area contributed by atoms with Gasteiger partial charge in [0.15, 0.2) is 0 Å². The molecule has 0 aromatic carbocycles. The number of carboxylic acids is 1. The second-order valence-corrected chi connectivity index (χ2v) is 3.49. The van der Waals surface area contributed by atoms with Crippen molar-refractivity contribution in [3.8, 4) is 0 Å². The Morgan fingerprint density at radius 1 is 1.42 bits per heavy atom. The van der Waals surface area contributed by atoms with Crippen LogP contribution in [0, 0.1) is 0 Å². The molecular weight excluding hydrogens is 182 g/mol. The topological polar surface area (TPSA) is 77.8 Å². The molecule has 0 aliphatic carbocycles. The summed E-state index contributed by atoms with van der Waals surface area (Å²) in [6.07, 6.45) is 1.28. The molecule has 12 heavy (non-hydrogen) atoms. The molecule has 1 aliphatic heterocycles. The van der Waals surface area contributed by atoms with Gasteiger partial charge in [0.2, 0.25) is 0 Å². The largest absolute Gasteiger partial charge is 0.480 e. The number of rotatable bonds is 2. The maximum Gasteiger partial charge on any atom is 0.380 e. The lowest BCUT2D eigenvalue weighted by Crippen LogP contribution is -2.31. The van der Waals surface area contributed by atoms with Gasteiger partial charge in [-0.3, -0.25) is 4.79 Å². The highest BCUT2D eigenvalue weighted by Crippen LogP contribution is 2.25. The Kier molecular flexibility index (Phi) is 2.93. The Morgan fingerprint density at radius 3 is 2.58 bits per heavy atom. The lowest BCUT2D eigenvalue weighted by Gasteiger charge is -2.16. The molecule has 5 nitrogen and oxygen atoms in total. The second-order valence-electron chi connectivity index (χ2n) is 2.49. The van der Waals surface area contributed by atoms with Crippen LogP contribution in [0.15, 0.2) is 0 Å². The average Bonchev–Trinajstić information content (AvgIpc) is 2.33. The Labute approximate surface area is 73.5 Å². The van der Waals surface area contributed by atoms with Gasteiger partial charge < -0.3 is 10.2 Å². The van der Waals surface area contributed by atoms with Crippen LogP contribution in [-0.4, -0.2) is 38.4 Å². The molecular formula is C6H9NO4S. The summed E-state index contributed by atoms with van der Waals surface area (Å²) in [4.78, 5) is 20.8. The van der Waals surface area contributed by atoms with Crippen LogP contribution in [0.25, 0.3) is 0 Å². The van der Waals surface area contributed by atoms with E-state index in [9.17, 15) is 9.59 Å². The smallest absolute Gasteiger partial charge is 0.380 e. The third-order valence-electron chi connectivity index (χ3n) is 1.68. The Bertz CT molecular complexity index is 208. The van der Waals surface area contributed by atoms with E-state index in [2.05, 4.69) is 0 Å². The van der Waals surface area contributed by atoms with Gasteiger partial charge >= 0.3 is 11.3 Å². The molecule has 0 bridgehead atoms. The maximum absolute atomic E-state index is 10.5. The first-order chi connectivity index (χ1) is 5.61. The molecule has 0 unspecified atom stereocenters. The quantitative estimate of drug-likeness (QED) is 0.630. The summed E-state index contributed by atoms with van der Waals surface area (Å²) in [6.45, 7) is 0.536. The van der Waals surface area contributed by atoms with Crippen molar-refractivity contribution in [2.75, 3.05) is 6.54 Å². The first-order valence-electron chi connectivity index (χ1n) is 3.51. The third kappa shape index (κ3) is 2.12. The molecule has 0 radical (unpaired) electrons. The highest BCUT2D eigenvalue weighted by atomic mass is 32.2. The molecule has 0 aromatic heterocycles. The van der Waals surface area contributed by atoms with Gasteiger partial charge in [0.25, 0.3) is 0 Å². The number of nitrogens with zero attached hydrogens (tertiary/aromatic N) is 1. The van der Waals surface area contributed by atoms with E-state index >= 15 is 0 Å². The summed E-state index contributed by atoms with van der Waals surface area (Å²) in [6, 6.07) is -0.633. The molecule has 1 heterocycles. The van der Waals surface area contributed by atoms with E-state index in [-0.39, 0.29) is 0 Å². The number of carboxylic acid groups (broad SMARTS) is 2. The summed E-state index contributed by atoms with van der Waals surface area (Å²) in [5, 5.41) is 16.0. The van der Waals surface area contributed by atoms with E-state index in [1.165, 1.54) is 4.31 Å². The summed E-state index contributed by atoms with van der Waals surface area (Å²) in [5.74, 6) is -0.943. The summed E-state index contributed by atoms with van der Waals surface area (Å²) in [5.41, 5.74) is 0. The summed E-state index contributed by atoms with van der Waals surface area (Å²) >= 11 is 0.568. The summed E-state index contributed by atoms with van der Waals surface area (Å²) < 4.78 is 1.39. The van der Waals surface area contributed by atoms with Crippen LogP contribution in [0.1, 0.15) is 12.8 Å². The average molecular weight is 191 g/mol. The molecule has 0 saturated carbocycles. The van der Waals surface area contributed by atoms with Crippen molar-refractivity contribution in [1.29, 1.82) is 0 Å². The molecule has 0 aromatic rings. The normalized spacial score (nSPS) is 24.2. The monoisotopic (exact) mass is 191 g/mol. The van der Waals surface area contributed by atoms with E-state index < -0.39 is 17.3 Å². The van der Waals surface area contributed by atoms with Gasteiger partial charge in [0.1, 0.15) is 6.04 Å². The van der Waals surface area contributed by atoms with Gasteiger partial charge in [-0.2, -0.15) is 0 Å². The fourth-order valence-corrected chi connectivity index (χ4v) is 1.94. The number of hydrogen-bond acceptors (Lipinski definition) is 4. The Hall–Kier alpha value is -0.750. The SMILES string of the molecule is O=C(O)SN1CCC[C@H]1C(=O)O. The molecule has 0 spiro atoms. The van der Waals surface area contributed by atoms with Gasteiger partial charge in [0, 0.05) is 18.5 Å². The van der Waals surface area contributed by atoms with Crippen molar-refractivity contribution < 1.29 is 19.8 Å². The van der Waals surface area contributed by atoms with Gasteiger partial charge in [-0.15, -0.1) is 0 Å². The van der Waals surface area contributed by atoms with E-state index in [4.69, 9.17) is 10.2 Å². The van der Waals surface area contributed by atoms with Crippen LogP contribution in [0.2, 0.25) is 0 Å². The van der Waals surface area contributed by atoms with Gasteiger partial charge in [0.05, 0.1) is 0 Å². The van der Waals surface area contributed by atoms with E-state index in [1.54, 1.807) is 0 Å². The molecule has 68 valence electrons. The molecule has 2 N–H and O–H groups in total. The predicted octanol–water partition coefficient (Wildman–Crippen LogP) is 0.862. The number of hydrogen-bond donors (Lipinski definition) is 2. The maximum atomic E-state index is 10.5. The second kappa shape index (κ2) is 3.77. The van der Waals surface area contributed by atoms with Gasteiger partial charge in [-0.25, -0.2) is 9.10 Å². The van der Waals surface area contributed by atoms with Crippen molar-refractivity contribution in [1.82, 2.24) is 4.31 Å². The molecule has 1 saturated heterocycles. The van der Waals surface area contributed by atoms with Gasteiger partial charge in [-0.1, -0.05) is 0 Å². The van der Waals surface area contributed by atoms with Crippen molar-refractivity contribution in [3.63, 3.8) is 0 Å². The number of aliphatic carboxylic acids is 1. The minimum Gasteiger partial charge on any atom is -0.480 e. The van der Waals surface area contributed by atoms with Crippen molar-refractivity contribution in [2.45, 2.75) is 18.9 Å². The molecule has 1 fully saturated rings. The first kappa shape index (κ1) is 9.34. The fourth-order valence-electron chi connectivity index (χ4n) is 1.20. The number of carbonyl (C=O) groups is 2. The Morgan fingerprint density at radius 2 is 2.08 bits per heavy atom. The van der Waals surface area contributed by atoms with Crippen LogP contribution in [-0.2, 0) is 4.79 Å². The molecule has 1 aliphatic rings. The van der Waals surface area contributed by atoms with Crippen LogP contribution in [0.5, 0.6) is 0 Å². The molecule has 6 heteroatoms. The molecule has 1 rings (SSSR count). The van der Waals surface area contributed by atoms with Crippen molar-refractivity contribution >= 4 is 23.2 Å². The van der Waals surface area contributed by atoms with Crippen LogP contribution in [0.4, 0.5) is 4.79 Å². The predicted molar refractivity (Wildman–Crippen MR) is 43.0 cm³/mol. The van der Waals surface area contributed by atoms with Gasteiger partial charge in [-0.05, 0) is 12.8 Å². The first-order valence-corrected chi connectivity index (χ1v) is 4.29. The highest BCUT2D eigenvalue weighted by molar-refractivity contribution is 8.11. The lowest BCUT2D eigenvalue weighted by molar-refractivity contribution is -0.140. The fraction of sp³-hybridized carbons (Fsp3) is 0.667. The standard InChI is InChI=1S/C6H9NO4S/c8-5(9)4-2-1-3-7(4)12-6(10)11/h4H,1-3H2,(H,8,9)(H,10,11)/t4-/m0/s1.